The zero-order valence-electron chi connectivity index (χ0n) is 9.83. The van der Waals surface area contributed by atoms with Gasteiger partial charge in [0.25, 0.3) is 0 Å². The van der Waals surface area contributed by atoms with E-state index in [4.69, 9.17) is 11.1 Å². The van der Waals surface area contributed by atoms with Crippen LogP contribution in [0.4, 0.5) is 5.95 Å². The van der Waals surface area contributed by atoms with Gasteiger partial charge in [0.05, 0.1) is 11.5 Å². The van der Waals surface area contributed by atoms with E-state index in [1.807, 2.05) is 4.90 Å². The molecule has 1 aliphatic heterocycles. The number of aromatic nitrogens is 2. The van der Waals surface area contributed by atoms with Crippen molar-refractivity contribution in [3.8, 4) is 0 Å². The summed E-state index contributed by atoms with van der Waals surface area (Å²) in [5.41, 5.74) is 5.72. The lowest BCUT2D eigenvalue weighted by atomic mass is 10.4. The quantitative estimate of drug-likeness (QED) is 0.547. The summed E-state index contributed by atoms with van der Waals surface area (Å²) < 4.78 is 23.0. The SMILES string of the molecule is N=C(N)c1ccnc(N2CCCS(=O)(=O)CC2)n1. The number of nitrogen functional groups attached to an aromatic ring is 1. The lowest BCUT2D eigenvalue weighted by Crippen LogP contribution is -2.29. The topological polar surface area (TPSA) is 113 Å². The number of nitrogens with two attached hydrogens (primary N) is 1. The van der Waals surface area contributed by atoms with Gasteiger partial charge < -0.3 is 10.6 Å². The van der Waals surface area contributed by atoms with Crippen LogP contribution >= 0.6 is 0 Å². The van der Waals surface area contributed by atoms with Gasteiger partial charge in [-0.3, -0.25) is 5.41 Å². The molecule has 1 fully saturated rings. The molecule has 2 heterocycles. The highest BCUT2D eigenvalue weighted by molar-refractivity contribution is 7.91. The van der Waals surface area contributed by atoms with E-state index in [9.17, 15) is 8.42 Å². The second-order valence-corrected chi connectivity index (χ2v) is 6.45. The van der Waals surface area contributed by atoms with Gasteiger partial charge in [-0.05, 0) is 12.5 Å². The third kappa shape index (κ3) is 2.95. The van der Waals surface area contributed by atoms with Crippen molar-refractivity contribution in [1.82, 2.24) is 9.97 Å². The molecule has 0 spiro atoms. The highest BCUT2D eigenvalue weighted by atomic mass is 32.2. The molecule has 0 saturated carbocycles. The smallest absolute Gasteiger partial charge is 0.225 e. The van der Waals surface area contributed by atoms with Gasteiger partial charge in [-0.15, -0.1) is 0 Å². The van der Waals surface area contributed by atoms with Crippen molar-refractivity contribution in [2.45, 2.75) is 6.42 Å². The zero-order valence-corrected chi connectivity index (χ0v) is 10.7. The number of nitrogens with one attached hydrogen (secondary N) is 1. The lowest BCUT2D eigenvalue weighted by molar-refractivity contribution is 0.597. The van der Waals surface area contributed by atoms with E-state index in [0.717, 1.165) is 0 Å². The predicted molar refractivity (Wildman–Crippen MR) is 68.5 cm³/mol. The molecule has 8 heteroatoms. The summed E-state index contributed by atoms with van der Waals surface area (Å²) >= 11 is 0. The third-order valence-electron chi connectivity index (χ3n) is 2.76. The Bertz CT molecular complexity index is 557. The first-order chi connectivity index (χ1) is 8.48. The molecule has 1 aliphatic rings. The van der Waals surface area contributed by atoms with E-state index in [-0.39, 0.29) is 17.3 Å². The standard InChI is InChI=1S/C10H15N5O2S/c11-9(12)8-2-3-13-10(14-8)15-4-1-6-18(16,17)7-5-15/h2-3H,1,4-7H2,(H3,11,12). The monoisotopic (exact) mass is 269 g/mol. The van der Waals surface area contributed by atoms with Gasteiger partial charge in [-0.1, -0.05) is 0 Å². The average Bonchev–Trinajstić information content (AvgIpc) is 2.50. The molecule has 2 rings (SSSR count). The van der Waals surface area contributed by atoms with Gasteiger partial charge in [-0.2, -0.15) is 0 Å². The Kier molecular flexibility index (Phi) is 3.46. The van der Waals surface area contributed by atoms with Crippen LogP contribution < -0.4 is 10.6 Å². The molecule has 7 nitrogen and oxygen atoms in total. The molecule has 1 saturated heterocycles. The van der Waals surface area contributed by atoms with Crippen LogP contribution in [-0.4, -0.2) is 48.8 Å². The number of nitrogens with zero attached hydrogens (tertiary/aromatic N) is 3. The molecule has 1 aromatic heterocycles. The van der Waals surface area contributed by atoms with Crippen LogP contribution in [0.15, 0.2) is 12.3 Å². The van der Waals surface area contributed by atoms with Crippen LogP contribution in [0.3, 0.4) is 0 Å². The zero-order chi connectivity index (χ0) is 13.2. The molecule has 1 aromatic rings. The fourth-order valence-corrected chi connectivity index (χ4v) is 3.06. The Labute approximate surface area is 105 Å². The van der Waals surface area contributed by atoms with Gasteiger partial charge in [0, 0.05) is 19.3 Å². The normalized spacial score (nSPS) is 19.2. The van der Waals surface area contributed by atoms with Crippen LogP contribution in [0.1, 0.15) is 12.1 Å². The second kappa shape index (κ2) is 4.89. The molecule has 0 aromatic carbocycles. The molecule has 0 unspecified atom stereocenters. The summed E-state index contributed by atoms with van der Waals surface area (Å²) in [6.07, 6.45) is 2.09. The summed E-state index contributed by atoms with van der Waals surface area (Å²) in [6.45, 7) is 0.976. The lowest BCUT2D eigenvalue weighted by Gasteiger charge is -2.19. The maximum atomic E-state index is 11.5. The maximum Gasteiger partial charge on any atom is 0.225 e. The molecule has 0 aliphatic carbocycles. The van der Waals surface area contributed by atoms with E-state index >= 15 is 0 Å². The van der Waals surface area contributed by atoms with Crippen LogP contribution in [0.2, 0.25) is 0 Å². The molecule has 0 radical (unpaired) electrons. The Morgan fingerprint density at radius 2 is 2.17 bits per heavy atom. The molecule has 18 heavy (non-hydrogen) atoms. The molecule has 0 atom stereocenters. The molecular weight excluding hydrogens is 254 g/mol. The Balaban J connectivity index is 2.21. The number of anilines is 1. The van der Waals surface area contributed by atoms with E-state index in [2.05, 4.69) is 9.97 Å². The van der Waals surface area contributed by atoms with Crippen molar-refractivity contribution >= 4 is 21.6 Å². The Morgan fingerprint density at radius 3 is 2.89 bits per heavy atom. The van der Waals surface area contributed by atoms with Crippen molar-refractivity contribution in [3.05, 3.63) is 18.0 Å². The third-order valence-corrected chi connectivity index (χ3v) is 4.47. The Morgan fingerprint density at radius 1 is 1.39 bits per heavy atom. The number of hydrogen-bond donors (Lipinski definition) is 2. The van der Waals surface area contributed by atoms with Gasteiger partial charge in [-0.25, -0.2) is 18.4 Å². The fourth-order valence-electron chi connectivity index (χ4n) is 1.79. The number of sulfone groups is 1. The highest BCUT2D eigenvalue weighted by Gasteiger charge is 2.20. The molecule has 3 N–H and O–H groups in total. The number of hydrogen-bond acceptors (Lipinski definition) is 6. The minimum Gasteiger partial charge on any atom is -0.382 e. The molecule has 0 bridgehead atoms. The summed E-state index contributed by atoms with van der Waals surface area (Å²) in [4.78, 5) is 10.1. The second-order valence-electron chi connectivity index (χ2n) is 4.15. The molecule has 0 amide bonds. The summed E-state index contributed by atoms with van der Waals surface area (Å²) in [6, 6.07) is 1.56. The van der Waals surface area contributed by atoms with Crippen molar-refractivity contribution in [1.29, 1.82) is 5.41 Å². The summed E-state index contributed by atoms with van der Waals surface area (Å²) in [7, 11) is -2.95. The van der Waals surface area contributed by atoms with Gasteiger partial charge in [0.2, 0.25) is 5.95 Å². The predicted octanol–water partition coefficient (Wildman–Crippen LogP) is -0.614. The van der Waals surface area contributed by atoms with Crippen molar-refractivity contribution in [3.63, 3.8) is 0 Å². The van der Waals surface area contributed by atoms with Gasteiger partial charge in [0.1, 0.15) is 11.5 Å². The highest BCUT2D eigenvalue weighted by Crippen LogP contribution is 2.12. The van der Waals surface area contributed by atoms with E-state index < -0.39 is 9.84 Å². The maximum absolute atomic E-state index is 11.5. The van der Waals surface area contributed by atoms with Crippen LogP contribution in [0.5, 0.6) is 0 Å². The molecular formula is C10H15N5O2S. The first-order valence-electron chi connectivity index (χ1n) is 5.61. The van der Waals surface area contributed by atoms with Crippen molar-refractivity contribution in [2.75, 3.05) is 29.5 Å². The first-order valence-corrected chi connectivity index (χ1v) is 7.43. The van der Waals surface area contributed by atoms with Gasteiger partial charge >= 0.3 is 0 Å². The number of rotatable bonds is 2. The summed E-state index contributed by atoms with van der Waals surface area (Å²) in [5, 5.41) is 7.33. The van der Waals surface area contributed by atoms with Gasteiger partial charge in [0.15, 0.2) is 9.84 Å². The first kappa shape index (κ1) is 12.7. The fraction of sp³-hybridized carbons (Fsp3) is 0.500. The largest absolute Gasteiger partial charge is 0.382 e. The minimum atomic E-state index is -2.95. The summed E-state index contributed by atoms with van der Waals surface area (Å²) in [5.74, 6) is 0.622. The van der Waals surface area contributed by atoms with Crippen LogP contribution in [-0.2, 0) is 9.84 Å². The van der Waals surface area contributed by atoms with Crippen molar-refractivity contribution in [2.24, 2.45) is 5.73 Å². The van der Waals surface area contributed by atoms with Crippen LogP contribution in [0, 0.1) is 5.41 Å². The minimum absolute atomic E-state index is 0.112. The molecule has 98 valence electrons. The number of amidine groups is 1. The van der Waals surface area contributed by atoms with Crippen LogP contribution in [0.25, 0.3) is 0 Å². The van der Waals surface area contributed by atoms with Crippen molar-refractivity contribution < 1.29 is 8.42 Å². The van der Waals surface area contributed by atoms with E-state index in [1.165, 1.54) is 6.20 Å². The van der Waals surface area contributed by atoms with E-state index in [1.54, 1.807) is 6.07 Å². The van der Waals surface area contributed by atoms with E-state index in [0.29, 0.717) is 31.2 Å². The average molecular weight is 269 g/mol. The Hall–Kier alpha value is -1.70.